The molecule has 2 rings (SSSR count). The summed E-state index contributed by atoms with van der Waals surface area (Å²) in [6, 6.07) is 3.44. The largest absolute Gasteiger partial charge is 0.506 e. The second-order valence-electron chi connectivity index (χ2n) is 4.82. The van der Waals surface area contributed by atoms with E-state index in [-0.39, 0.29) is 11.7 Å². The molecule has 8 heteroatoms. The minimum Gasteiger partial charge on any atom is -0.506 e. The van der Waals surface area contributed by atoms with Crippen molar-refractivity contribution in [2.45, 2.75) is 6.42 Å². The quantitative estimate of drug-likeness (QED) is 0.549. The van der Waals surface area contributed by atoms with Crippen LogP contribution in [0.1, 0.15) is 12.0 Å². The highest BCUT2D eigenvalue weighted by Gasteiger charge is 2.11. The van der Waals surface area contributed by atoms with Gasteiger partial charge in [-0.25, -0.2) is 5.43 Å². The number of nitrogens with one attached hydrogen (secondary N) is 1. The van der Waals surface area contributed by atoms with E-state index >= 15 is 0 Å². The Bertz CT molecular complexity index is 561. The standard InChI is InChI=1S/C14H17Br2N3O3/c15-11-7-10(14(21)12(16)8-11)9-17-18-13(20)1-2-19-3-5-22-6-4-19/h7-9,21H,1-6H2,(H,18,20)/b17-9+. The topological polar surface area (TPSA) is 74.2 Å². The number of carbonyl (C=O) groups is 1. The summed E-state index contributed by atoms with van der Waals surface area (Å²) in [6.07, 6.45) is 1.79. The number of rotatable bonds is 5. The molecular formula is C14H17Br2N3O3. The maximum Gasteiger partial charge on any atom is 0.241 e. The Hall–Kier alpha value is -0.960. The van der Waals surface area contributed by atoms with Crippen LogP contribution in [-0.2, 0) is 9.53 Å². The van der Waals surface area contributed by atoms with Crippen LogP contribution in [0.15, 0.2) is 26.2 Å². The first-order valence-corrected chi connectivity index (χ1v) is 8.45. The number of carbonyl (C=O) groups excluding carboxylic acids is 1. The maximum absolute atomic E-state index is 11.7. The van der Waals surface area contributed by atoms with Gasteiger partial charge in [0.1, 0.15) is 5.75 Å². The molecule has 0 spiro atoms. The first-order valence-electron chi connectivity index (χ1n) is 6.86. The Morgan fingerprint density at radius 1 is 1.41 bits per heavy atom. The van der Waals surface area contributed by atoms with Crippen LogP contribution in [0.2, 0.25) is 0 Å². The number of amides is 1. The number of nitrogens with zero attached hydrogens (tertiary/aromatic N) is 2. The molecule has 1 aliphatic heterocycles. The van der Waals surface area contributed by atoms with Crippen LogP contribution < -0.4 is 5.43 Å². The molecule has 1 amide bonds. The fourth-order valence-electron chi connectivity index (χ4n) is 2.00. The molecule has 0 bridgehead atoms. The maximum atomic E-state index is 11.7. The molecule has 1 aromatic rings. The molecule has 2 N–H and O–H groups in total. The number of halogens is 2. The van der Waals surface area contributed by atoms with E-state index < -0.39 is 0 Å². The van der Waals surface area contributed by atoms with Gasteiger partial charge in [-0.1, -0.05) is 15.9 Å². The zero-order valence-corrected chi connectivity index (χ0v) is 15.1. The van der Waals surface area contributed by atoms with Crippen molar-refractivity contribution in [2.24, 2.45) is 5.10 Å². The van der Waals surface area contributed by atoms with E-state index in [1.165, 1.54) is 6.21 Å². The van der Waals surface area contributed by atoms with Gasteiger partial charge in [0.15, 0.2) is 0 Å². The molecule has 0 saturated carbocycles. The number of aromatic hydroxyl groups is 1. The number of hydrogen-bond donors (Lipinski definition) is 2. The lowest BCUT2D eigenvalue weighted by molar-refractivity contribution is -0.121. The first-order chi connectivity index (χ1) is 10.6. The molecule has 1 saturated heterocycles. The van der Waals surface area contributed by atoms with Crippen molar-refractivity contribution >= 4 is 44.0 Å². The van der Waals surface area contributed by atoms with Crippen LogP contribution in [0.5, 0.6) is 5.75 Å². The van der Waals surface area contributed by atoms with Gasteiger partial charge in [0.25, 0.3) is 0 Å². The number of ether oxygens (including phenoxy) is 1. The summed E-state index contributed by atoms with van der Waals surface area (Å²) in [7, 11) is 0. The highest BCUT2D eigenvalue weighted by atomic mass is 79.9. The molecule has 0 radical (unpaired) electrons. The molecule has 0 unspecified atom stereocenters. The number of morpholine rings is 1. The third-order valence-corrected chi connectivity index (χ3v) is 4.27. The van der Waals surface area contributed by atoms with Gasteiger partial charge in [0.05, 0.1) is 23.9 Å². The molecule has 0 atom stereocenters. The normalized spacial score (nSPS) is 16.1. The van der Waals surface area contributed by atoms with E-state index in [0.29, 0.717) is 23.0 Å². The Morgan fingerprint density at radius 3 is 2.86 bits per heavy atom. The van der Waals surface area contributed by atoms with Crippen molar-refractivity contribution in [3.63, 3.8) is 0 Å². The lowest BCUT2D eigenvalue weighted by atomic mass is 10.2. The molecule has 0 aliphatic carbocycles. The molecule has 6 nitrogen and oxygen atoms in total. The van der Waals surface area contributed by atoms with E-state index in [4.69, 9.17) is 4.74 Å². The van der Waals surface area contributed by atoms with Crippen LogP contribution in [0.4, 0.5) is 0 Å². The van der Waals surface area contributed by atoms with Gasteiger partial charge in [0, 0.05) is 36.1 Å². The molecule has 0 aromatic heterocycles. The number of phenolic OH excluding ortho intramolecular Hbond substituents is 1. The Labute approximate surface area is 145 Å². The Morgan fingerprint density at radius 2 is 2.14 bits per heavy atom. The second kappa shape index (κ2) is 8.61. The number of phenols is 1. The van der Waals surface area contributed by atoms with Gasteiger partial charge in [-0.2, -0.15) is 5.10 Å². The van der Waals surface area contributed by atoms with Crippen LogP contribution >= 0.6 is 31.9 Å². The summed E-state index contributed by atoms with van der Waals surface area (Å²) in [6.45, 7) is 3.85. The predicted molar refractivity (Wildman–Crippen MR) is 91.1 cm³/mol. The average Bonchev–Trinajstić information content (AvgIpc) is 2.51. The van der Waals surface area contributed by atoms with Crippen molar-refractivity contribution in [1.29, 1.82) is 0 Å². The van der Waals surface area contributed by atoms with Gasteiger partial charge >= 0.3 is 0 Å². The fraction of sp³-hybridized carbons (Fsp3) is 0.429. The Kier molecular flexibility index (Phi) is 6.81. The van der Waals surface area contributed by atoms with Gasteiger partial charge in [0.2, 0.25) is 5.91 Å². The zero-order chi connectivity index (χ0) is 15.9. The van der Waals surface area contributed by atoms with E-state index in [2.05, 4.69) is 47.3 Å². The highest BCUT2D eigenvalue weighted by molar-refractivity contribution is 9.11. The molecule has 120 valence electrons. The molecule has 1 fully saturated rings. The van der Waals surface area contributed by atoms with Crippen molar-refractivity contribution in [2.75, 3.05) is 32.8 Å². The predicted octanol–water partition coefficient (Wildman–Crippen LogP) is 2.09. The summed E-state index contributed by atoms with van der Waals surface area (Å²) in [4.78, 5) is 13.9. The van der Waals surface area contributed by atoms with Gasteiger partial charge < -0.3 is 9.84 Å². The van der Waals surface area contributed by atoms with Gasteiger partial charge in [-0.3, -0.25) is 9.69 Å². The van der Waals surface area contributed by atoms with Gasteiger partial charge in [-0.15, -0.1) is 0 Å². The fourth-order valence-corrected chi connectivity index (χ4v) is 3.26. The molecular weight excluding hydrogens is 418 g/mol. The monoisotopic (exact) mass is 433 g/mol. The summed E-state index contributed by atoms with van der Waals surface area (Å²) < 4.78 is 6.61. The van der Waals surface area contributed by atoms with Gasteiger partial charge in [-0.05, 0) is 28.1 Å². The zero-order valence-electron chi connectivity index (χ0n) is 11.9. The SMILES string of the molecule is O=C(CCN1CCOCC1)N/N=C/c1cc(Br)cc(Br)c1O. The molecule has 1 heterocycles. The smallest absolute Gasteiger partial charge is 0.241 e. The molecule has 1 aromatic carbocycles. The van der Waals surface area contributed by atoms with Crippen LogP contribution in [0.25, 0.3) is 0 Å². The second-order valence-corrected chi connectivity index (χ2v) is 6.59. The van der Waals surface area contributed by atoms with Crippen LogP contribution in [-0.4, -0.2) is 55.0 Å². The van der Waals surface area contributed by atoms with Crippen LogP contribution in [0.3, 0.4) is 0 Å². The van der Waals surface area contributed by atoms with Crippen molar-refractivity contribution in [1.82, 2.24) is 10.3 Å². The lowest BCUT2D eigenvalue weighted by Crippen LogP contribution is -2.38. The summed E-state index contributed by atoms with van der Waals surface area (Å²) in [5, 5.41) is 13.7. The third kappa shape index (κ3) is 5.35. The summed E-state index contributed by atoms with van der Waals surface area (Å²) >= 11 is 6.57. The highest BCUT2D eigenvalue weighted by Crippen LogP contribution is 2.30. The van der Waals surface area contributed by atoms with Crippen LogP contribution in [0, 0.1) is 0 Å². The first kappa shape index (κ1) is 17.4. The third-order valence-electron chi connectivity index (χ3n) is 3.21. The van der Waals surface area contributed by atoms with E-state index in [0.717, 1.165) is 30.8 Å². The van der Waals surface area contributed by atoms with Crippen molar-refractivity contribution in [3.8, 4) is 5.75 Å². The van der Waals surface area contributed by atoms with E-state index in [1.807, 2.05) is 0 Å². The lowest BCUT2D eigenvalue weighted by Gasteiger charge is -2.25. The van der Waals surface area contributed by atoms with Crippen molar-refractivity contribution in [3.05, 3.63) is 26.6 Å². The summed E-state index contributed by atoms with van der Waals surface area (Å²) in [5.41, 5.74) is 2.98. The average molecular weight is 435 g/mol. The minimum absolute atomic E-state index is 0.0783. The molecule has 22 heavy (non-hydrogen) atoms. The number of hydrazone groups is 1. The Balaban J connectivity index is 1.80. The van der Waals surface area contributed by atoms with E-state index in [1.54, 1.807) is 12.1 Å². The molecule has 1 aliphatic rings. The minimum atomic E-state index is -0.156. The summed E-state index contributed by atoms with van der Waals surface area (Å²) in [5.74, 6) is -0.0780. The van der Waals surface area contributed by atoms with E-state index in [9.17, 15) is 9.90 Å². The number of benzene rings is 1. The van der Waals surface area contributed by atoms with Crippen molar-refractivity contribution < 1.29 is 14.6 Å². The number of hydrogen-bond acceptors (Lipinski definition) is 5.